The van der Waals surface area contributed by atoms with Gasteiger partial charge in [-0.05, 0) is 30.3 Å². The summed E-state index contributed by atoms with van der Waals surface area (Å²) < 4.78 is 2.18. The summed E-state index contributed by atoms with van der Waals surface area (Å²) >= 11 is 1.47. The molecule has 7 heteroatoms. The molecule has 2 aromatic heterocycles. The summed E-state index contributed by atoms with van der Waals surface area (Å²) in [6.07, 6.45) is 1.53. The number of likely N-dealkylation sites (N-methyl/N-ethyl adjacent to an activating group) is 1. The van der Waals surface area contributed by atoms with Crippen molar-refractivity contribution in [3.05, 3.63) is 71.1 Å². The maximum Gasteiger partial charge on any atom is 0.331 e. The highest BCUT2D eigenvalue weighted by molar-refractivity contribution is 7.15. The van der Waals surface area contributed by atoms with E-state index >= 15 is 0 Å². The smallest absolute Gasteiger partial charge is 0.301 e. The minimum absolute atomic E-state index is 0.0530. The number of amides is 4. The second-order valence-corrected chi connectivity index (χ2v) is 7.82. The van der Waals surface area contributed by atoms with Gasteiger partial charge in [0.15, 0.2) is 0 Å². The number of aromatic nitrogens is 1. The van der Waals surface area contributed by atoms with Crippen LogP contribution in [0.2, 0.25) is 0 Å². The Morgan fingerprint density at radius 1 is 0.862 bits per heavy atom. The Kier molecular flexibility index (Phi) is 3.85. The summed E-state index contributed by atoms with van der Waals surface area (Å²) in [5.74, 6) is -1.28. The zero-order valence-electron chi connectivity index (χ0n) is 15.4. The van der Waals surface area contributed by atoms with Crippen LogP contribution in [0.4, 0.5) is 4.79 Å². The van der Waals surface area contributed by atoms with Crippen LogP contribution >= 0.6 is 11.3 Å². The SMILES string of the molecule is CN1C(=O)NC(=O)/C(=C/c2ccc(-n3c4ccccc4c4ccccc43)s2)C1=O. The minimum Gasteiger partial charge on any atom is -0.301 e. The lowest BCUT2D eigenvalue weighted by Gasteiger charge is -2.22. The molecule has 2 aromatic carbocycles. The normalized spacial score (nSPS) is 16.2. The molecule has 3 heterocycles. The molecule has 4 aromatic rings. The molecule has 1 aliphatic heterocycles. The maximum atomic E-state index is 12.3. The van der Waals surface area contributed by atoms with Crippen molar-refractivity contribution in [2.45, 2.75) is 0 Å². The van der Waals surface area contributed by atoms with Crippen molar-refractivity contribution < 1.29 is 14.4 Å². The third-order valence-corrected chi connectivity index (χ3v) is 6.02. The lowest BCUT2D eigenvalue weighted by atomic mass is 10.1. The van der Waals surface area contributed by atoms with Crippen LogP contribution in [0.25, 0.3) is 32.9 Å². The van der Waals surface area contributed by atoms with Crippen LogP contribution in [0.1, 0.15) is 4.88 Å². The Morgan fingerprint density at radius 2 is 1.48 bits per heavy atom. The first-order valence-corrected chi connectivity index (χ1v) is 9.80. The summed E-state index contributed by atoms with van der Waals surface area (Å²) in [6, 6.07) is 19.5. The largest absolute Gasteiger partial charge is 0.331 e. The number of rotatable bonds is 2. The maximum absolute atomic E-state index is 12.3. The van der Waals surface area contributed by atoms with E-state index in [2.05, 4.69) is 34.1 Å². The second kappa shape index (κ2) is 6.42. The average Bonchev–Trinajstić information content (AvgIpc) is 3.31. The molecule has 1 N–H and O–H groups in total. The quantitative estimate of drug-likeness (QED) is 0.409. The van der Waals surface area contributed by atoms with E-state index < -0.39 is 17.8 Å². The summed E-state index contributed by atoms with van der Waals surface area (Å²) in [5.41, 5.74) is 2.13. The molecule has 0 saturated carbocycles. The Bertz CT molecular complexity index is 1310. The molecule has 0 bridgehead atoms. The average molecular weight is 401 g/mol. The summed E-state index contributed by atoms with van der Waals surface area (Å²) in [4.78, 5) is 37.6. The lowest BCUT2D eigenvalue weighted by molar-refractivity contribution is -0.129. The van der Waals surface area contributed by atoms with E-state index in [0.29, 0.717) is 0 Å². The van der Waals surface area contributed by atoms with Crippen LogP contribution in [0, 0.1) is 0 Å². The number of nitrogens with one attached hydrogen (secondary N) is 1. The van der Waals surface area contributed by atoms with Crippen LogP contribution in [-0.4, -0.2) is 34.4 Å². The van der Waals surface area contributed by atoms with Crippen molar-refractivity contribution in [3.63, 3.8) is 0 Å². The van der Waals surface area contributed by atoms with Crippen LogP contribution < -0.4 is 5.32 Å². The number of hydrogen-bond acceptors (Lipinski definition) is 4. The molecule has 29 heavy (non-hydrogen) atoms. The molecule has 142 valence electrons. The van der Waals surface area contributed by atoms with Crippen LogP contribution in [0.15, 0.2) is 66.2 Å². The molecule has 5 rings (SSSR count). The number of nitrogens with zero attached hydrogens (tertiary/aromatic N) is 2. The second-order valence-electron chi connectivity index (χ2n) is 6.73. The van der Waals surface area contributed by atoms with Gasteiger partial charge in [-0.25, -0.2) is 4.79 Å². The van der Waals surface area contributed by atoms with Crippen LogP contribution in [-0.2, 0) is 9.59 Å². The van der Waals surface area contributed by atoms with E-state index in [9.17, 15) is 14.4 Å². The molecule has 0 aliphatic carbocycles. The van der Waals surface area contributed by atoms with Crippen molar-refractivity contribution in [2.75, 3.05) is 7.05 Å². The van der Waals surface area contributed by atoms with Crippen molar-refractivity contribution >= 4 is 57.1 Å². The van der Waals surface area contributed by atoms with Crippen molar-refractivity contribution in [2.24, 2.45) is 0 Å². The van der Waals surface area contributed by atoms with Gasteiger partial charge in [0.25, 0.3) is 11.8 Å². The number of carbonyl (C=O) groups is 3. The van der Waals surface area contributed by atoms with Gasteiger partial charge in [-0.15, -0.1) is 11.3 Å². The fraction of sp³-hybridized carbons (Fsp3) is 0.0455. The summed E-state index contributed by atoms with van der Waals surface area (Å²) in [5, 5.41) is 5.48. The fourth-order valence-corrected chi connectivity index (χ4v) is 4.57. The number of fused-ring (bicyclic) bond motifs is 3. The number of imide groups is 2. The molecule has 0 unspecified atom stereocenters. The number of para-hydroxylation sites is 2. The van der Waals surface area contributed by atoms with Gasteiger partial charge in [0.2, 0.25) is 0 Å². The number of thiophene rings is 1. The number of carbonyl (C=O) groups excluding carboxylic acids is 3. The molecular formula is C22H15N3O3S. The van der Waals surface area contributed by atoms with Gasteiger partial charge in [0, 0.05) is 22.7 Å². The lowest BCUT2D eigenvalue weighted by Crippen LogP contribution is -2.52. The molecule has 0 radical (unpaired) electrons. The zero-order valence-corrected chi connectivity index (χ0v) is 16.2. The molecule has 1 fully saturated rings. The fourth-order valence-electron chi connectivity index (χ4n) is 3.59. The van der Waals surface area contributed by atoms with E-state index in [1.54, 1.807) is 0 Å². The predicted octanol–water partition coefficient (Wildman–Crippen LogP) is 3.94. The molecule has 1 aliphatic rings. The highest BCUT2D eigenvalue weighted by atomic mass is 32.1. The third kappa shape index (κ3) is 2.67. The number of barbiturate groups is 1. The van der Waals surface area contributed by atoms with E-state index in [0.717, 1.165) is 25.8 Å². The van der Waals surface area contributed by atoms with Crippen LogP contribution in [0.3, 0.4) is 0 Å². The van der Waals surface area contributed by atoms with E-state index in [1.807, 2.05) is 36.4 Å². The van der Waals surface area contributed by atoms with Gasteiger partial charge in [0.05, 0.1) is 11.0 Å². The number of hydrogen-bond donors (Lipinski definition) is 1. The molecule has 1 saturated heterocycles. The number of benzene rings is 2. The van der Waals surface area contributed by atoms with Crippen LogP contribution in [0.5, 0.6) is 0 Å². The summed E-state index contributed by atoms with van der Waals surface area (Å²) in [6.45, 7) is 0. The zero-order chi connectivity index (χ0) is 20.1. The van der Waals surface area contributed by atoms with E-state index in [4.69, 9.17) is 0 Å². The van der Waals surface area contributed by atoms with Gasteiger partial charge >= 0.3 is 6.03 Å². The van der Waals surface area contributed by atoms with Crippen molar-refractivity contribution in [3.8, 4) is 5.00 Å². The first kappa shape index (κ1) is 17.4. The van der Waals surface area contributed by atoms with E-state index in [1.165, 1.54) is 35.2 Å². The highest BCUT2D eigenvalue weighted by Gasteiger charge is 2.33. The minimum atomic E-state index is -0.714. The Hall–Kier alpha value is -3.71. The monoisotopic (exact) mass is 401 g/mol. The molecule has 4 amide bonds. The van der Waals surface area contributed by atoms with Gasteiger partial charge in [-0.1, -0.05) is 36.4 Å². The van der Waals surface area contributed by atoms with Crippen molar-refractivity contribution in [1.29, 1.82) is 0 Å². The Morgan fingerprint density at radius 3 is 2.14 bits per heavy atom. The molecule has 6 nitrogen and oxygen atoms in total. The Labute approximate surface area is 169 Å². The van der Waals surface area contributed by atoms with Gasteiger partial charge in [-0.3, -0.25) is 19.8 Å². The van der Waals surface area contributed by atoms with Crippen molar-refractivity contribution in [1.82, 2.24) is 14.8 Å². The standard InChI is InChI=1S/C22H15N3O3S/c1-24-21(27)16(20(26)23-22(24)28)12-13-10-11-19(29-13)25-17-8-4-2-6-14(17)15-7-3-5-9-18(15)25/h2-12H,1H3,(H,23,26,28)/b16-12-. The van der Waals surface area contributed by atoms with Gasteiger partial charge in [-0.2, -0.15) is 0 Å². The molecular weight excluding hydrogens is 386 g/mol. The summed E-state index contributed by atoms with van der Waals surface area (Å²) in [7, 11) is 1.34. The molecule has 0 atom stereocenters. The Balaban J connectivity index is 1.64. The van der Waals surface area contributed by atoms with Gasteiger partial charge < -0.3 is 4.57 Å². The highest BCUT2D eigenvalue weighted by Crippen LogP contribution is 2.34. The van der Waals surface area contributed by atoms with Gasteiger partial charge in [0.1, 0.15) is 10.6 Å². The van der Waals surface area contributed by atoms with E-state index in [-0.39, 0.29) is 5.57 Å². The predicted molar refractivity (Wildman–Crippen MR) is 113 cm³/mol. The number of urea groups is 1. The molecule has 0 spiro atoms. The first-order chi connectivity index (χ1) is 14.0. The first-order valence-electron chi connectivity index (χ1n) is 8.98. The topological polar surface area (TPSA) is 71.4 Å². The third-order valence-electron chi connectivity index (χ3n) is 5.00.